The number of benzene rings is 4. The van der Waals surface area contributed by atoms with Crippen molar-refractivity contribution in [2.45, 2.75) is 26.7 Å². The number of aromatic nitrogens is 1. The van der Waals surface area contributed by atoms with Gasteiger partial charge < -0.3 is 10.2 Å². The van der Waals surface area contributed by atoms with Gasteiger partial charge in [-0.05, 0) is 57.6 Å². The zero-order valence-corrected chi connectivity index (χ0v) is 20.8. The summed E-state index contributed by atoms with van der Waals surface area (Å²) in [4.78, 5) is 8.86. The molecule has 0 radical (unpaired) electrons. The van der Waals surface area contributed by atoms with Crippen LogP contribution in [0, 0.1) is 6.92 Å². The second kappa shape index (κ2) is 11.6. The van der Waals surface area contributed by atoms with E-state index in [9.17, 15) is 10.2 Å². The number of nitrogens with zero attached hydrogens (tertiary/aromatic N) is 2. The van der Waals surface area contributed by atoms with Gasteiger partial charge in [0.15, 0.2) is 0 Å². The number of rotatable bonds is 3. The molecule has 5 heteroatoms. The molecular formula is C30H26N2NiO2. The van der Waals surface area contributed by atoms with Crippen molar-refractivity contribution in [1.29, 1.82) is 0 Å². The molecule has 1 heterocycles. The molecule has 35 heavy (non-hydrogen) atoms. The van der Waals surface area contributed by atoms with E-state index in [0.29, 0.717) is 16.7 Å². The summed E-state index contributed by atoms with van der Waals surface area (Å²) < 4.78 is 0. The minimum Gasteiger partial charge on any atom is -0.872 e. The van der Waals surface area contributed by atoms with Gasteiger partial charge in [0.25, 0.3) is 0 Å². The van der Waals surface area contributed by atoms with Gasteiger partial charge in [0.05, 0.1) is 17.6 Å². The number of fused-ring (bicyclic) bond motifs is 3. The molecule has 0 aliphatic rings. The van der Waals surface area contributed by atoms with Crippen LogP contribution in [0.15, 0.2) is 96.1 Å². The molecule has 0 atom stereocenters. The van der Waals surface area contributed by atoms with Gasteiger partial charge in [0.2, 0.25) is 0 Å². The second-order valence-electron chi connectivity index (χ2n) is 8.43. The Morgan fingerprint density at radius 3 is 1.77 bits per heavy atom. The molecule has 1 aromatic heterocycles. The van der Waals surface area contributed by atoms with Gasteiger partial charge in [-0.3, -0.25) is 9.98 Å². The van der Waals surface area contributed by atoms with Crippen LogP contribution in [0.4, 0.5) is 5.69 Å². The normalized spacial score (nSPS) is 10.9. The standard InChI is InChI=1S/C16H18N2.C14H10O2.Ni/c1-12(2)15-9-6-7-13(3)16(15)18-11-14-8-4-5-10-17-14;15-13-11-7-3-1-5-9(11)10-6-2-4-8-12(10)14(13)16;/h4-12H,1-3H3;1-8,15-16H;/q;;+2/p-2. The Kier molecular flexibility index (Phi) is 8.62. The predicted molar refractivity (Wildman–Crippen MR) is 137 cm³/mol. The fourth-order valence-electron chi connectivity index (χ4n) is 3.98. The monoisotopic (exact) mass is 504 g/mol. The molecule has 0 spiro atoms. The van der Waals surface area contributed by atoms with Crippen molar-refractivity contribution in [3.05, 3.63) is 108 Å². The molecule has 5 rings (SSSR count). The van der Waals surface area contributed by atoms with Gasteiger partial charge in [0, 0.05) is 6.20 Å². The molecule has 0 bridgehead atoms. The van der Waals surface area contributed by atoms with Crippen LogP contribution < -0.4 is 10.2 Å². The number of hydrogen-bond acceptors (Lipinski definition) is 4. The first kappa shape index (κ1) is 25.9. The van der Waals surface area contributed by atoms with Gasteiger partial charge in [-0.25, -0.2) is 0 Å². The average Bonchev–Trinajstić information content (AvgIpc) is 2.87. The van der Waals surface area contributed by atoms with E-state index in [1.807, 2.05) is 48.7 Å². The van der Waals surface area contributed by atoms with Crippen molar-refractivity contribution in [3.63, 3.8) is 0 Å². The van der Waals surface area contributed by atoms with Crippen molar-refractivity contribution in [2.24, 2.45) is 4.99 Å². The zero-order chi connectivity index (χ0) is 24.1. The average molecular weight is 505 g/mol. The van der Waals surface area contributed by atoms with Crippen molar-refractivity contribution in [2.75, 3.05) is 0 Å². The third-order valence-electron chi connectivity index (χ3n) is 5.74. The summed E-state index contributed by atoms with van der Waals surface area (Å²) >= 11 is 0. The first-order valence-corrected chi connectivity index (χ1v) is 11.3. The van der Waals surface area contributed by atoms with E-state index in [1.54, 1.807) is 30.5 Å². The Morgan fingerprint density at radius 2 is 1.26 bits per heavy atom. The van der Waals surface area contributed by atoms with Crippen LogP contribution in [0.1, 0.15) is 36.6 Å². The molecule has 0 aliphatic heterocycles. The number of aliphatic imine (C=N–C) groups is 1. The number of aryl methyl sites for hydroxylation is 1. The molecule has 0 unspecified atom stereocenters. The first-order chi connectivity index (χ1) is 16.5. The second-order valence-corrected chi connectivity index (χ2v) is 8.43. The van der Waals surface area contributed by atoms with Crippen LogP contribution in [0.3, 0.4) is 0 Å². The Bertz CT molecular complexity index is 1400. The smallest absolute Gasteiger partial charge is 0.872 e. The molecule has 0 saturated heterocycles. The molecule has 5 aromatic rings. The van der Waals surface area contributed by atoms with Crippen LogP contribution >= 0.6 is 0 Å². The van der Waals surface area contributed by atoms with Gasteiger partial charge in [-0.2, -0.15) is 0 Å². The largest absolute Gasteiger partial charge is 2.00 e. The van der Waals surface area contributed by atoms with Crippen molar-refractivity contribution < 1.29 is 26.7 Å². The molecule has 0 fully saturated rings. The maximum absolute atomic E-state index is 11.8. The SMILES string of the molecule is Cc1cccc(C(C)C)c1N=Cc1ccccn1.[Ni+2].[O-]c1c([O-])c2ccccc2c2ccccc12. The molecule has 178 valence electrons. The third kappa shape index (κ3) is 5.70. The Hall–Kier alpha value is -3.69. The zero-order valence-electron chi connectivity index (χ0n) is 19.8. The van der Waals surface area contributed by atoms with E-state index in [2.05, 4.69) is 48.9 Å². The van der Waals surface area contributed by atoms with Gasteiger partial charge in [0.1, 0.15) is 0 Å². The molecule has 0 aliphatic carbocycles. The molecule has 4 aromatic carbocycles. The van der Waals surface area contributed by atoms with Crippen molar-refractivity contribution in [1.82, 2.24) is 4.98 Å². The quantitative estimate of drug-likeness (QED) is 0.162. The number of pyridine rings is 1. The third-order valence-corrected chi connectivity index (χ3v) is 5.74. The van der Waals surface area contributed by atoms with E-state index >= 15 is 0 Å². The van der Waals surface area contributed by atoms with E-state index in [-0.39, 0.29) is 16.5 Å². The van der Waals surface area contributed by atoms with Gasteiger partial charge in [-0.15, -0.1) is 11.5 Å². The molecule has 0 saturated carbocycles. The fraction of sp³-hybridized carbons (Fsp3) is 0.133. The molecule has 4 nitrogen and oxygen atoms in total. The van der Waals surface area contributed by atoms with Crippen molar-refractivity contribution in [3.8, 4) is 11.5 Å². The molecule has 0 amide bonds. The summed E-state index contributed by atoms with van der Waals surface area (Å²) in [5, 5.41) is 26.4. The maximum Gasteiger partial charge on any atom is 2.00 e. The Labute approximate surface area is 215 Å². The Balaban J connectivity index is 0.000000191. The molecule has 0 N–H and O–H groups in total. The van der Waals surface area contributed by atoms with E-state index < -0.39 is 11.5 Å². The summed E-state index contributed by atoms with van der Waals surface area (Å²) in [6.07, 6.45) is 3.61. The van der Waals surface area contributed by atoms with Crippen LogP contribution in [0.25, 0.3) is 21.5 Å². The van der Waals surface area contributed by atoms with Crippen LogP contribution in [0.2, 0.25) is 0 Å². The summed E-state index contributed by atoms with van der Waals surface area (Å²) in [5.41, 5.74) is 4.43. The number of para-hydroxylation sites is 1. The Morgan fingerprint density at radius 1 is 0.714 bits per heavy atom. The molecular weight excluding hydrogens is 479 g/mol. The van der Waals surface area contributed by atoms with Gasteiger partial charge >= 0.3 is 16.5 Å². The van der Waals surface area contributed by atoms with E-state index in [4.69, 9.17) is 0 Å². The summed E-state index contributed by atoms with van der Waals surface area (Å²) in [7, 11) is 0. The summed E-state index contributed by atoms with van der Waals surface area (Å²) in [6.45, 7) is 6.47. The van der Waals surface area contributed by atoms with Gasteiger partial charge in [-0.1, -0.05) is 86.6 Å². The van der Waals surface area contributed by atoms with Crippen LogP contribution in [-0.4, -0.2) is 11.2 Å². The van der Waals surface area contributed by atoms with Crippen LogP contribution in [0.5, 0.6) is 11.5 Å². The fourth-order valence-corrected chi connectivity index (χ4v) is 3.98. The first-order valence-electron chi connectivity index (χ1n) is 11.3. The van der Waals surface area contributed by atoms with E-state index in [1.165, 1.54) is 11.1 Å². The van der Waals surface area contributed by atoms with Crippen molar-refractivity contribution >= 4 is 33.4 Å². The summed E-state index contributed by atoms with van der Waals surface area (Å²) in [5.74, 6) is -0.343. The van der Waals surface area contributed by atoms with Crippen LogP contribution in [-0.2, 0) is 16.5 Å². The summed E-state index contributed by atoms with van der Waals surface area (Å²) in [6, 6.07) is 26.6. The predicted octanol–water partition coefficient (Wildman–Crippen LogP) is 6.40. The maximum atomic E-state index is 11.8. The topological polar surface area (TPSA) is 71.4 Å². The number of hydrogen-bond donors (Lipinski definition) is 0. The minimum atomic E-state index is -0.408. The van der Waals surface area contributed by atoms with E-state index in [0.717, 1.165) is 22.2 Å². The minimum absolute atomic E-state index is 0.